The maximum atomic E-state index is 12.6. The fourth-order valence-corrected chi connectivity index (χ4v) is 3.23. The van der Waals surface area contributed by atoms with Crippen molar-refractivity contribution in [3.05, 3.63) is 29.7 Å². The molecule has 0 radical (unpaired) electrons. The molecule has 0 aromatic carbocycles. The van der Waals surface area contributed by atoms with Crippen LogP contribution >= 0.6 is 0 Å². The summed E-state index contributed by atoms with van der Waals surface area (Å²) in [4.78, 5) is 24.8. The minimum Gasteiger partial charge on any atom is -0.378 e. The number of nitrogens with zero attached hydrogens (tertiary/aromatic N) is 6. The monoisotopic (exact) mass is 343 g/mol. The molecule has 0 unspecified atom stereocenters. The molecule has 4 rings (SSSR count). The van der Waals surface area contributed by atoms with Gasteiger partial charge in [0.1, 0.15) is 5.82 Å². The zero-order valence-electron chi connectivity index (χ0n) is 14.0. The zero-order valence-corrected chi connectivity index (χ0v) is 14.0. The van der Waals surface area contributed by atoms with Crippen molar-refractivity contribution in [2.75, 3.05) is 43.5 Å². The van der Waals surface area contributed by atoms with Gasteiger partial charge in [0.15, 0.2) is 5.69 Å². The van der Waals surface area contributed by atoms with Crippen molar-refractivity contribution in [1.29, 1.82) is 0 Å². The Morgan fingerprint density at radius 1 is 1.20 bits per heavy atom. The standard InChI is InChI=1S/C16H21N7O2/c17-16-18-3-2-14(19-16)22-4-1-5-23-12(11-22)10-13(20-23)15(24)21-6-8-25-9-7-21/h2-3,10H,1,4-9,11H2,(H2,17,18,19). The number of amides is 1. The van der Waals surface area contributed by atoms with E-state index in [1.54, 1.807) is 11.1 Å². The Bertz CT molecular complexity index is 770. The molecule has 2 aromatic heterocycles. The number of ether oxygens (including phenoxy) is 1. The SMILES string of the molecule is Nc1nccc(N2CCCn3nc(C(=O)N4CCOCC4)cc3C2)n1. The van der Waals surface area contributed by atoms with Gasteiger partial charge in [-0.1, -0.05) is 0 Å². The van der Waals surface area contributed by atoms with Gasteiger partial charge in [-0.15, -0.1) is 0 Å². The molecule has 25 heavy (non-hydrogen) atoms. The van der Waals surface area contributed by atoms with Crippen LogP contribution in [0.5, 0.6) is 0 Å². The predicted octanol–water partition coefficient (Wildman–Crippen LogP) is 0.138. The van der Waals surface area contributed by atoms with Crippen LogP contribution in [0, 0.1) is 0 Å². The van der Waals surface area contributed by atoms with Crippen molar-refractivity contribution in [2.45, 2.75) is 19.5 Å². The third-order valence-corrected chi connectivity index (χ3v) is 4.52. The molecule has 2 aromatic rings. The van der Waals surface area contributed by atoms with Crippen LogP contribution in [0.3, 0.4) is 0 Å². The van der Waals surface area contributed by atoms with Crippen LogP contribution < -0.4 is 10.6 Å². The van der Waals surface area contributed by atoms with Crippen molar-refractivity contribution < 1.29 is 9.53 Å². The van der Waals surface area contributed by atoms with E-state index < -0.39 is 0 Å². The van der Waals surface area contributed by atoms with Gasteiger partial charge in [-0.2, -0.15) is 10.1 Å². The number of carbonyl (C=O) groups excluding carboxylic acids is 1. The van der Waals surface area contributed by atoms with Crippen LogP contribution in [0.4, 0.5) is 11.8 Å². The molecular formula is C16H21N7O2. The van der Waals surface area contributed by atoms with Crippen molar-refractivity contribution in [3.8, 4) is 0 Å². The van der Waals surface area contributed by atoms with Gasteiger partial charge in [0, 0.05) is 32.4 Å². The van der Waals surface area contributed by atoms with Crippen LogP contribution in [-0.4, -0.2) is 63.4 Å². The van der Waals surface area contributed by atoms with Crippen molar-refractivity contribution in [1.82, 2.24) is 24.6 Å². The molecule has 9 nitrogen and oxygen atoms in total. The van der Waals surface area contributed by atoms with Crippen molar-refractivity contribution in [2.24, 2.45) is 0 Å². The maximum absolute atomic E-state index is 12.6. The van der Waals surface area contributed by atoms with E-state index in [0.717, 1.165) is 31.0 Å². The van der Waals surface area contributed by atoms with E-state index in [0.29, 0.717) is 38.5 Å². The lowest BCUT2D eigenvalue weighted by Gasteiger charge is -2.26. The molecule has 1 saturated heterocycles. The van der Waals surface area contributed by atoms with E-state index in [9.17, 15) is 4.79 Å². The molecule has 2 N–H and O–H groups in total. The molecule has 2 aliphatic rings. The molecule has 4 heterocycles. The number of hydrogen-bond acceptors (Lipinski definition) is 7. The number of rotatable bonds is 2. The number of fused-ring (bicyclic) bond motifs is 1. The van der Waals surface area contributed by atoms with Crippen LogP contribution in [0.15, 0.2) is 18.3 Å². The number of anilines is 2. The summed E-state index contributed by atoms with van der Waals surface area (Å²) in [7, 11) is 0. The first-order chi connectivity index (χ1) is 12.2. The normalized spacial score (nSPS) is 17.9. The Hall–Kier alpha value is -2.68. The van der Waals surface area contributed by atoms with Gasteiger partial charge >= 0.3 is 0 Å². The van der Waals surface area contributed by atoms with E-state index >= 15 is 0 Å². The van der Waals surface area contributed by atoms with Crippen molar-refractivity contribution in [3.63, 3.8) is 0 Å². The third-order valence-electron chi connectivity index (χ3n) is 4.52. The predicted molar refractivity (Wildman–Crippen MR) is 91.1 cm³/mol. The first-order valence-corrected chi connectivity index (χ1v) is 8.48. The Morgan fingerprint density at radius 2 is 2.04 bits per heavy atom. The topological polar surface area (TPSA) is 102 Å². The number of carbonyl (C=O) groups is 1. The second-order valence-corrected chi connectivity index (χ2v) is 6.20. The van der Waals surface area contributed by atoms with E-state index in [2.05, 4.69) is 20.0 Å². The van der Waals surface area contributed by atoms with E-state index in [1.807, 2.05) is 16.8 Å². The molecule has 132 valence electrons. The second-order valence-electron chi connectivity index (χ2n) is 6.20. The number of nitrogens with two attached hydrogens (primary N) is 1. The number of aromatic nitrogens is 4. The molecule has 1 amide bonds. The number of nitrogen functional groups attached to an aromatic ring is 1. The van der Waals surface area contributed by atoms with Crippen LogP contribution in [-0.2, 0) is 17.8 Å². The van der Waals surface area contributed by atoms with Crippen LogP contribution in [0.1, 0.15) is 22.6 Å². The molecular weight excluding hydrogens is 322 g/mol. The van der Waals surface area contributed by atoms with Gasteiger partial charge in [0.25, 0.3) is 5.91 Å². The third kappa shape index (κ3) is 3.27. The summed E-state index contributed by atoms with van der Waals surface area (Å²) in [5.74, 6) is 1.03. The quantitative estimate of drug-likeness (QED) is 0.827. The van der Waals surface area contributed by atoms with Crippen molar-refractivity contribution >= 4 is 17.7 Å². The summed E-state index contributed by atoms with van der Waals surface area (Å²) in [6.45, 7) is 4.68. The number of morpholine rings is 1. The average molecular weight is 343 g/mol. The van der Waals surface area contributed by atoms with E-state index in [1.165, 1.54) is 0 Å². The molecule has 0 spiro atoms. The number of hydrogen-bond donors (Lipinski definition) is 1. The highest BCUT2D eigenvalue weighted by Gasteiger charge is 2.24. The summed E-state index contributed by atoms with van der Waals surface area (Å²) in [6, 6.07) is 3.74. The van der Waals surface area contributed by atoms with Crippen LogP contribution in [0.25, 0.3) is 0 Å². The fraction of sp³-hybridized carbons (Fsp3) is 0.500. The van der Waals surface area contributed by atoms with Gasteiger partial charge in [-0.3, -0.25) is 9.48 Å². The molecule has 2 aliphatic heterocycles. The Kier molecular flexibility index (Phi) is 4.22. The first kappa shape index (κ1) is 15.8. The summed E-state index contributed by atoms with van der Waals surface area (Å²) >= 11 is 0. The molecule has 9 heteroatoms. The van der Waals surface area contributed by atoms with Gasteiger partial charge in [0.05, 0.1) is 25.5 Å². The van der Waals surface area contributed by atoms with E-state index in [4.69, 9.17) is 10.5 Å². The highest BCUT2D eigenvalue weighted by molar-refractivity contribution is 5.92. The molecule has 0 saturated carbocycles. The summed E-state index contributed by atoms with van der Waals surface area (Å²) in [5, 5.41) is 4.53. The Labute approximate surface area is 145 Å². The fourth-order valence-electron chi connectivity index (χ4n) is 3.23. The van der Waals surface area contributed by atoms with E-state index in [-0.39, 0.29) is 11.9 Å². The minimum atomic E-state index is -0.0262. The van der Waals surface area contributed by atoms with Gasteiger partial charge in [-0.25, -0.2) is 4.98 Å². The first-order valence-electron chi connectivity index (χ1n) is 8.48. The Balaban J connectivity index is 1.55. The molecule has 1 fully saturated rings. The lowest BCUT2D eigenvalue weighted by atomic mass is 10.3. The Morgan fingerprint density at radius 3 is 2.84 bits per heavy atom. The summed E-state index contributed by atoms with van der Waals surface area (Å²) in [5.41, 5.74) is 7.21. The molecule has 0 atom stereocenters. The number of aryl methyl sites for hydroxylation is 1. The summed E-state index contributed by atoms with van der Waals surface area (Å²) in [6.07, 6.45) is 2.58. The minimum absolute atomic E-state index is 0.0262. The second kappa shape index (κ2) is 6.67. The maximum Gasteiger partial charge on any atom is 0.274 e. The van der Waals surface area contributed by atoms with Crippen LogP contribution in [0.2, 0.25) is 0 Å². The lowest BCUT2D eigenvalue weighted by molar-refractivity contribution is 0.0298. The smallest absolute Gasteiger partial charge is 0.274 e. The van der Waals surface area contributed by atoms with Gasteiger partial charge < -0.3 is 20.3 Å². The highest BCUT2D eigenvalue weighted by Crippen LogP contribution is 2.20. The van der Waals surface area contributed by atoms with Gasteiger partial charge in [0.2, 0.25) is 5.95 Å². The average Bonchev–Trinajstić information content (AvgIpc) is 2.93. The summed E-state index contributed by atoms with van der Waals surface area (Å²) < 4.78 is 7.24. The zero-order chi connectivity index (χ0) is 17.2. The van der Waals surface area contributed by atoms with Gasteiger partial charge in [-0.05, 0) is 18.6 Å². The largest absolute Gasteiger partial charge is 0.378 e. The molecule has 0 bridgehead atoms. The lowest BCUT2D eigenvalue weighted by Crippen LogP contribution is -2.40. The highest BCUT2D eigenvalue weighted by atomic mass is 16.5. The molecule has 0 aliphatic carbocycles.